The fourth-order valence-electron chi connectivity index (χ4n) is 1.66. The van der Waals surface area contributed by atoms with Crippen LogP contribution in [-0.2, 0) is 16.1 Å². The van der Waals surface area contributed by atoms with Gasteiger partial charge in [-0.15, -0.1) is 0 Å². The lowest BCUT2D eigenvalue weighted by Crippen LogP contribution is -2.30. The summed E-state index contributed by atoms with van der Waals surface area (Å²) in [6.45, 7) is 3.58. The molecule has 100 valence electrons. The second kappa shape index (κ2) is 7.79. The van der Waals surface area contributed by atoms with Crippen molar-refractivity contribution in [2.75, 3.05) is 20.2 Å². The second-order valence-electron chi connectivity index (χ2n) is 4.13. The number of carboxylic acids is 1. The summed E-state index contributed by atoms with van der Waals surface area (Å²) in [6, 6.07) is 5.77. The molecular formula is C13H20N2O3. The van der Waals surface area contributed by atoms with E-state index < -0.39 is 12.1 Å². The van der Waals surface area contributed by atoms with Gasteiger partial charge in [-0.3, -0.25) is 4.98 Å². The number of hydrogen-bond donors (Lipinski definition) is 1. The van der Waals surface area contributed by atoms with Gasteiger partial charge in [-0.1, -0.05) is 6.07 Å². The van der Waals surface area contributed by atoms with Gasteiger partial charge in [0.1, 0.15) is 0 Å². The summed E-state index contributed by atoms with van der Waals surface area (Å²) in [7, 11) is 1.94. The lowest BCUT2D eigenvalue weighted by Gasteiger charge is -2.19. The van der Waals surface area contributed by atoms with Crippen molar-refractivity contribution in [3.63, 3.8) is 0 Å². The lowest BCUT2D eigenvalue weighted by molar-refractivity contribution is -0.150. The molecule has 0 spiro atoms. The molecule has 18 heavy (non-hydrogen) atoms. The Hall–Kier alpha value is -1.46. The maximum atomic E-state index is 10.9. The summed E-state index contributed by atoms with van der Waals surface area (Å²) >= 11 is 0. The normalized spacial score (nSPS) is 12.6. The van der Waals surface area contributed by atoms with E-state index in [1.807, 2.05) is 30.1 Å². The molecule has 0 aromatic carbocycles. The van der Waals surface area contributed by atoms with E-state index in [0.29, 0.717) is 26.1 Å². The maximum absolute atomic E-state index is 10.9. The minimum Gasteiger partial charge on any atom is -0.479 e. The number of pyridine rings is 1. The molecule has 5 nitrogen and oxygen atoms in total. The van der Waals surface area contributed by atoms with Crippen molar-refractivity contribution < 1.29 is 14.6 Å². The zero-order valence-electron chi connectivity index (χ0n) is 10.9. The zero-order valence-corrected chi connectivity index (χ0v) is 10.9. The molecule has 1 aromatic rings. The highest BCUT2D eigenvalue weighted by Gasteiger charge is 2.17. The van der Waals surface area contributed by atoms with Gasteiger partial charge >= 0.3 is 5.97 Å². The molecule has 1 unspecified atom stereocenters. The monoisotopic (exact) mass is 252 g/mol. The standard InChI is InChI=1S/C13H20N2O3/c1-3-18-12(13(16)17)7-9-15(2)10-11-6-4-5-8-14-11/h4-6,8,12H,3,7,9-10H2,1-2H3,(H,16,17). The van der Waals surface area contributed by atoms with E-state index in [0.717, 1.165) is 5.69 Å². The van der Waals surface area contributed by atoms with Crippen LogP contribution in [0.2, 0.25) is 0 Å². The third-order valence-electron chi connectivity index (χ3n) is 2.57. The average molecular weight is 252 g/mol. The highest BCUT2D eigenvalue weighted by Crippen LogP contribution is 2.04. The van der Waals surface area contributed by atoms with Crippen molar-refractivity contribution in [2.45, 2.75) is 26.0 Å². The minimum atomic E-state index is -0.900. The van der Waals surface area contributed by atoms with Crippen LogP contribution in [0.15, 0.2) is 24.4 Å². The third-order valence-corrected chi connectivity index (χ3v) is 2.57. The summed E-state index contributed by atoms with van der Waals surface area (Å²) in [4.78, 5) is 17.2. The Morgan fingerprint density at radius 1 is 1.56 bits per heavy atom. The second-order valence-corrected chi connectivity index (χ2v) is 4.13. The first-order chi connectivity index (χ1) is 8.63. The van der Waals surface area contributed by atoms with Crippen LogP contribution in [0.5, 0.6) is 0 Å². The van der Waals surface area contributed by atoms with E-state index in [-0.39, 0.29) is 0 Å². The molecule has 1 atom stereocenters. The van der Waals surface area contributed by atoms with Crippen molar-refractivity contribution in [3.8, 4) is 0 Å². The summed E-state index contributed by atoms with van der Waals surface area (Å²) in [6.07, 6.45) is 1.51. The molecule has 0 amide bonds. The summed E-state index contributed by atoms with van der Waals surface area (Å²) < 4.78 is 5.16. The highest BCUT2D eigenvalue weighted by molar-refractivity contribution is 5.72. The highest BCUT2D eigenvalue weighted by atomic mass is 16.5. The molecule has 5 heteroatoms. The Morgan fingerprint density at radius 3 is 2.89 bits per heavy atom. The van der Waals surface area contributed by atoms with Crippen molar-refractivity contribution in [3.05, 3.63) is 30.1 Å². The molecule has 1 heterocycles. The molecule has 0 bridgehead atoms. The largest absolute Gasteiger partial charge is 0.479 e. The first-order valence-electron chi connectivity index (χ1n) is 6.06. The van der Waals surface area contributed by atoms with E-state index in [4.69, 9.17) is 9.84 Å². The van der Waals surface area contributed by atoms with Crippen molar-refractivity contribution >= 4 is 5.97 Å². The molecular weight excluding hydrogens is 232 g/mol. The summed E-state index contributed by atoms with van der Waals surface area (Å²) in [5.74, 6) is -0.900. The average Bonchev–Trinajstić information content (AvgIpc) is 2.35. The maximum Gasteiger partial charge on any atom is 0.332 e. The molecule has 1 rings (SSSR count). The van der Waals surface area contributed by atoms with Gasteiger partial charge in [0.2, 0.25) is 0 Å². The van der Waals surface area contributed by atoms with Gasteiger partial charge < -0.3 is 14.7 Å². The number of ether oxygens (including phenoxy) is 1. The number of nitrogens with zero attached hydrogens (tertiary/aromatic N) is 2. The number of carbonyl (C=O) groups is 1. The predicted molar refractivity (Wildman–Crippen MR) is 68.2 cm³/mol. The smallest absolute Gasteiger partial charge is 0.332 e. The van der Waals surface area contributed by atoms with Gasteiger partial charge in [0.25, 0.3) is 0 Å². The lowest BCUT2D eigenvalue weighted by atomic mass is 10.2. The molecule has 0 saturated carbocycles. The Morgan fingerprint density at radius 2 is 2.33 bits per heavy atom. The molecule has 1 aromatic heterocycles. The van der Waals surface area contributed by atoms with Gasteiger partial charge in [-0.2, -0.15) is 0 Å². The SMILES string of the molecule is CCOC(CCN(C)Cc1ccccn1)C(=O)O. The van der Waals surface area contributed by atoms with Gasteiger partial charge in [0.05, 0.1) is 5.69 Å². The van der Waals surface area contributed by atoms with Crippen molar-refractivity contribution in [1.82, 2.24) is 9.88 Å². The topological polar surface area (TPSA) is 62.7 Å². The molecule has 0 aliphatic carbocycles. The zero-order chi connectivity index (χ0) is 13.4. The fourth-order valence-corrected chi connectivity index (χ4v) is 1.66. The molecule has 0 saturated heterocycles. The van der Waals surface area contributed by atoms with Gasteiger partial charge in [-0.25, -0.2) is 4.79 Å². The van der Waals surface area contributed by atoms with Gasteiger partial charge in [0.15, 0.2) is 6.10 Å². The van der Waals surface area contributed by atoms with Crippen LogP contribution in [0.25, 0.3) is 0 Å². The quantitative estimate of drug-likeness (QED) is 0.757. The van der Waals surface area contributed by atoms with Gasteiger partial charge in [0, 0.05) is 25.9 Å². The number of aromatic nitrogens is 1. The van der Waals surface area contributed by atoms with Crippen LogP contribution >= 0.6 is 0 Å². The van der Waals surface area contributed by atoms with Crippen LogP contribution in [-0.4, -0.2) is 47.3 Å². The predicted octanol–water partition coefficient (Wildman–Crippen LogP) is 1.39. The van der Waals surface area contributed by atoms with Crippen LogP contribution in [0.3, 0.4) is 0 Å². The van der Waals surface area contributed by atoms with E-state index in [1.165, 1.54) is 0 Å². The van der Waals surface area contributed by atoms with Crippen LogP contribution in [0, 0.1) is 0 Å². The Bertz CT molecular complexity index is 357. The first kappa shape index (κ1) is 14.6. The molecule has 0 aliphatic rings. The molecule has 0 aliphatic heterocycles. The van der Waals surface area contributed by atoms with Crippen LogP contribution in [0.1, 0.15) is 19.0 Å². The Balaban J connectivity index is 2.36. The van der Waals surface area contributed by atoms with Gasteiger partial charge in [-0.05, 0) is 32.5 Å². The van der Waals surface area contributed by atoms with E-state index in [1.54, 1.807) is 13.1 Å². The Labute approximate surface area is 107 Å². The fraction of sp³-hybridized carbons (Fsp3) is 0.538. The molecule has 1 N–H and O–H groups in total. The first-order valence-corrected chi connectivity index (χ1v) is 6.06. The third kappa shape index (κ3) is 5.25. The molecule has 0 radical (unpaired) electrons. The number of carboxylic acid groups (broad SMARTS) is 1. The van der Waals surface area contributed by atoms with Crippen LogP contribution < -0.4 is 0 Å². The van der Waals surface area contributed by atoms with Crippen molar-refractivity contribution in [1.29, 1.82) is 0 Å². The number of aliphatic carboxylic acids is 1. The molecule has 0 fully saturated rings. The summed E-state index contributed by atoms with van der Waals surface area (Å²) in [5.41, 5.74) is 0.975. The number of hydrogen-bond acceptors (Lipinski definition) is 4. The van der Waals surface area contributed by atoms with Crippen molar-refractivity contribution in [2.24, 2.45) is 0 Å². The minimum absolute atomic E-state index is 0.418. The van der Waals surface area contributed by atoms with E-state index in [2.05, 4.69) is 4.98 Å². The van der Waals surface area contributed by atoms with E-state index in [9.17, 15) is 4.79 Å². The van der Waals surface area contributed by atoms with Crippen LogP contribution in [0.4, 0.5) is 0 Å². The number of rotatable bonds is 8. The van der Waals surface area contributed by atoms with E-state index >= 15 is 0 Å². The Kier molecular flexibility index (Phi) is 6.32. The summed E-state index contributed by atoms with van der Waals surface area (Å²) in [5, 5.41) is 8.95.